The zero-order valence-corrected chi connectivity index (χ0v) is 22.1. The van der Waals surface area contributed by atoms with E-state index in [9.17, 15) is 14.4 Å². The van der Waals surface area contributed by atoms with Crippen LogP contribution in [0.25, 0.3) is 21.2 Å². The first-order valence-electron chi connectivity index (χ1n) is 12.5. The fourth-order valence-electron chi connectivity index (χ4n) is 6.05. The highest BCUT2D eigenvalue weighted by Gasteiger charge is 2.66. The van der Waals surface area contributed by atoms with E-state index in [1.807, 2.05) is 70.2 Å². The summed E-state index contributed by atoms with van der Waals surface area (Å²) in [5.74, 6) is -1.02. The molecule has 7 rings (SSSR count). The van der Waals surface area contributed by atoms with Gasteiger partial charge in [-0.2, -0.15) is 0 Å². The van der Waals surface area contributed by atoms with E-state index in [1.54, 1.807) is 17.0 Å². The second-order valence-corrected chi connectivity index (χ2v) is 11.0. The van der Waals surface area contributed by atoms with Crippen molar-refractivity contribution in [1.82, 2.24) is 4.98 Å². The van der Waals surface area contributed by atoms with Crippen molar-refractivity contribution < 1.29 is 14.0 Å². The van der Waals surface area contributed by atoms with Gasteiger partial charge in [0.25, 0.3) is 11.8 Å². The van der Waals surface area contributed by atoms with Crippen LogP contribution in [-0.4, -0.2) is 23.3 Å². The van der Waals surface area contributed by atoms with Crippen LogP contribution in [0.5, 0.6) is 0 Å². The van der Waals surface area contributed by atoms with Crippen LogP contribution < -0.4 is 15.2 Å². The second-order valence-electron chi connectivity index (χ2n) is 9.98. The molecule has 0 saturated heterocycles. The fraction of sp³-hybridized carbons (Fsp3) is 0.200. The highest BCUT2D eigenvalue weighted by atomic mass is 32.1. The van der Waals surface area contributed by atoms with Gasteiger partial charge in [0.2, 0.25) is 5.76 Å². The van der Waals surface area contributed by atoms with Gasteiger partial charge in [0.05, 0.1) is 26.9 Å². The molecule has 8 heteroatoms. The minimum absolute atomic E-state index is 0.0566. The van der Waals surface area contributed by atoms with Crippen LogP contribution in [0.1, 0.15) is 45.3 Å². The number of aromatic nitrogens is 1. The van der Waals surface area contributed by atoms with Gasteiger partial charge < -0.3 is 9.32 Å². The summed E-state index contributed by atoms with van der Waals surface area (Å²) in [5, 5.41) is 0.694. The van der Waals surface area contributed by atoms with Crippen LogP contribution in [0.2, 0.25) is 0 Å². The van der Waals surface area contributed by atoms with Gasteiger partial charge in [-0.25, -0.2) is 4.98 Å². The van der Waals surface area contributed by atoms with Gasteiger partial charge in [0.15, 0.2) is 16.1 Å². The number of carbonyl (C=O) groups excluding carboxylic acids is 2. The molecule has 0 N–H and O–H groups in total. The summed E-state index contributed by atoms with van der Waals surface area (Å²) in [4.78, 5) is 51.0. The maximum atomic E-state index is 14.5. The van der Waals surface area contributed by atoms with Crippen molar-refractivity contribution in [2.45, 2.75) is 33.2 Å². The van der Waals surface area contributed by atoms with Crippen LogP contribution in [0.15, 0.2) is 63.8 Å². The van der Waals surface area contributed by atoms with Crippen LogP contribution in [0.4, 0.5) is 10.8 Å². The van der Waals surface area contributed by atoms with Crippen molar-refractivity contribution in [3.63, 3.8) is 0 Å². The van der Waals surface area contributed by atoms with Crippen molar-refractivity contribution in [3.05, 3.63) is 98.4 Å². The van der Waals surface area contributed by atoms with Crippen LogP contribution in [0, 0.1) is 20.8 Å². The Labute approximate surface area is 221 Å². The van der Waals surface area contributed by atoms with Gasteiger partial charge >= 0.3 is 0 Å². The molecule has 0 aliphatic carbocycles. The lowest BCUT2D eigenvalue weighted by Gasteiger charge is -2.32. The maximum absolute atomic E-state index is 14.5. The number of thiazole rings is 1. The van der Waals surface area contributed by atoms with Crippen LogP contribution in [0.3, 0.4) is 0 Å². The predicted octanol–water partition coefficient (Wildman–Crippen LogP) is 5.60. The van der Waals surface area contributed by atoms with Crippen molar-refractivity contribution in [2.24, 2.45) is 0 Å². The summed E-state index contributed by atoms with van der Waals surface area (Å²) < 4.78 is 7.06. The number of benzene rings is 3. The molecule has 1 spiro atoms. The molecule has 2 aliphatic heterocycles. The molecule has 3 aromatic carbocycles. The molecule has 1 atom stereocenters. The molecule has 188 valence electrons. The van der Waals surface area contributed by atoms with Crippen molar-refractivity contribution in [1.29, 1.82) is 0 Å². The van der Waals surface area contributed by atoms with Gasteiger partial charge in [-0.3, -0.25) is 19.3 Å². The number of hydrogen-bond donors (Lipinski definition) is 0. The van der Waals surface area contributed by atoms with E-state index >= 15 is 0 Å². The predicted molar refractivity (Wildman–Crippen MR) is 148 cm³/mol. The lowest BCUT2D eigenvalue weighted by Crippen LogP contribution is -2.53. The third-order valence-corrected chi connectivity index (χ3v) is 8.59. The number of anilines is 2. The first-order valence-corrected chi connectivity index (χ1v) is 13.3. The molecule has 7 nitrogen and oxygen atoms in total. The van der Waals surface area contributed by atoms with E-state index < -0.39 is 11.4 Å². The Hall–Kier alpha value is -4.30. The van der Waals surface area contributed by atoms with Gasteiger partial charge in [-0.15, -0.1) is 0 Å². The average molecular weight is 522 g/mol. The summed E-state index contributed by atoms with van der Waals surface area (Å²) in [6.45, 7) is 8.14. The normalized spacial score (nSPS) is 18.3. The molecule has 1 unspecified atom stereocenters. The van der Waals surface area contributed by atoms with Crippen molar-refractivity contribution in [3.8, 4) is 0 Å². The highest BCUT2D eigenvalue weighted by Crippen LogP contribution is 2.54. The molecular weight excluding hydrogens is 498 g/mol. The van der Waals surface area contributed by atoms with E-state index in [-0.39, 0.29) is 22.7 Å². The molecule has 5 aromatic rings. The molecule has 2 amide bonds. The topological polar surface area (TPSA) is 83.7 Å². The third kappa shape index (κ3) is 2.67. The van der Waals surface area contributed by atoms with Crippen molar-refractivity contribution in [2.75, 3.05) is 16.3 Å². The third-order valence-electron chi connectivity index (χ3n) is 7.61. The molecule has 0 saturated carbocycles. The first-order chi connectivity index (χ1) is 18.3. The van der Waals surface area contributed by atoms with Crippen LogP contribution >= 0.6 is 11.3 Å². The SMILES string of the molecule is CCN1C(=O)C2(c3ccccc31)c1c(oc3ccc(C)cc3c1=O)C(=O)N2c1nc2c(C)cc(C)cc2s1. The molecule has 0 bridgehead atoms. The quantitative estimate of drug-likeness (QED) is 0.302. The number of nitrogens with zero attached hydrogens (tertiary/aromatic N) is 3. The summed E-state index contributed by atoms with van der Waals surface area (Å²) in [6.07, 6.45) is 0. The number of fused-ring (bicyclic) bond motifs is 6. The molecule has 4 heterocycles. The first kappa shape index (κ1) is 22.9. The van der Waals surface area contributed by atoms with E-state index in [0.717, 1.165) is 26.9 Å². The lowest BCUT2D eigenvalue weighted by atomic mass is 9.84. The van der Waals surface area contributed by atoms with E-state index in [1.165, 1.54) is 16.2 Å². The van der Waals surface area contributed by atoms with E-state index in [0.29, 0.717) is 33.9 Å². The summed E-state index contributed by atoms with van der Waals surface area (Å²) in [7, 11) is 0. The lowest BCUT2D eigenvalue weighted by molar-refractivity contribution is -0.121. The number of carbonyl (C=O) groups is 2. The smallest absolute Gasteiger partial charge is 0.297 e. The van der Waals surface area contributed by atoms with E-state index in [4.69, 9.17) is 9.40 Å². The number of hydrogen-bond acceptors (Lipinski definition) is 6. The zero-order chi connectivity index (χ0) is 26.5. The zero-order valence-electron chi connectivity index (χ0n) is 21.3. The Morgan fingerprint density at radius 1 is 0.974 bits per heavy atom. The fourth-order valence-corrected chi connectivity index (χ4v) is 7.24. The minimum Gasteiger partial charge on any atom is -0.450 e. The number of likely N-dealkylation sites (N-methyl/N-ethyl adjacent to an activating group) is 1. The van der Waals surface area contributed by atoms with Gasteiger partial charge in [-0.05, 0) is 63.1 Å². The number of aryl methyl sites for hydroxylation is 3. The Bertz CT molecular complexity index is 1940. The average Bonchev–Trinajstić information content (AvgIpc) is 3.50. The second kappa shape index (κ2) is 7.61. The summed E-state index contributed by atoms with van der Waals surface area (Å²) in [6, 6.07) is 16.7. The van der Waals surface area contributed by atoms with E-state index in [2.05, 4.69) is 0 Å². The number of amides is 2. The Morgan fingerprint density at radius 3 is 2.55 bits per heavy atom. The molecule has 38 heavy (non-hydrogen) atoms. The number of rotatable bonds is 2. The molecule has 0 radical (unpaired) electrons. The molecule has 0 fully saturated rings. The molecule has 2 aromatic heterocycles. The molecule has 2 aliphatic rings. The van der Waals surface area contributed by atoms with Gasteiger partial charge in [0.1, 0.15) is 5.58 Å². The van der Waals surface area contributed by atoms with Crippen molar-refractivity contribution >= 4 is 55.2 Å². The summed E-state index contributed by atoms with van der Waals surface area (Å²) >= 11 is 1.34. The Morgan fingerprint density at radius 2 is 1.76 bits per heavy atom. The van der Waals surface area contributed by atoms with Gasteiger partial charge in [-0.1, -0.05) is 47.2 Å². The highest BCUT2D eigenvalue weighted by molar-refractivity contribution is 7.22. The Balaban J connectivity index is 1.64. The summed E-state index contributed by atoms with van der Waals surface area (Å²) in [5.41, 5.74) is 3.22. The van der Waals surface area contributed by atoms with Crippen LogP contribution in [-0.2, 0) is 10.3 Å². The standard InChI is InChI=1S/C30H23N3O4S/c1-5-32-20-9-7-6-8-19(20)30(28(32)36)23-25(34)18-13-15(2)10-11-21(18)37-26(23)27(35)33(30)29-31-24-17(4)12-16(3)14-22(24)38-29/h6-14H,5H2,1-4H3. The van der Waals surface area contributed by atoms with Gasteiger partial charge in [0, 0.05) is 12.1 Å². The largest absolute Gasteiger partial charge is 0.450 e. The minimum atomic E-state index is -1.71. The molecular formula is C30H23N3O4S. The maximum Gasteiger partial charge on any atom is 0.297 e. The monoisotopic (exact) mass is 521 g/mol. The number of para-hydroxylation sites is 1. The Kier molecular flexibility index (Phi) is 4.58.